The number of carbonyl (C=O) groups excluding carboxylic acids is 2. The van der Waals surface area contributed by atoms with E-state index in [9.17, 15) is 23.5 Å². The highest BCUT2D eigenvalue weighted by atomic mass is 32.1. The third-order valence-electron chi connectivity index (χ3n) is 5.81. The largest absolute Gasteiger partial charge is 0.508 e. The fourth-order valence-corrected chi connectivity index (χ4v) is 4.34. The molecule has 0 bridgehead atoms. The van der Waals surface area contributed by atoms with Crippen molar-refractivity contribution in [2.75, 3.05) is 23.9 Å². The van der Waals surface area contributed by atoms with Gasteiger partial charge in [-0.2, -0.15) is 0 Å². The topological polar surface area (TPSA) is 82.1 Å². The Morgan fingerprint density at radius 2 is 1.78 bits per heavy atom. The number of thiocarbonyl (C=S) groups is 1. The second-order valence-corrected chi connectivity index (χ2v) is 8.52. The van der Waals surface area contributed by atoms with Crippen LogP contribution in [0.15, 0.2) is 66.7 Å². The standard InChI is InChI=1S/C26H23F2N3O4S/c1-35-20-10-11-22(21(28)14-20)29-24(33)15-23-25(34)31(18-6-4-17(27)5-7-18)26(36)30(23)13-12-16-2-8-19(32)9-3-16/h2-11,14,23,32H,12-13,15H2,1H3,(H,29,33). The summed E-state index contributed by atoms with van der Waals surface area (Å²) >= 11 is 5.59. The summed E-state index contributed by atoms with van der Waals surface area (Å²) in [5.41, 5.74) is 1.23. The van der Waals surface area contributed by atoms with Crippen LogP contribution in [0.2, 0.25) is 0 Å². The van der Waals surface area contributed by atoms with Crippen LogP contribution in [0, 0.1) is 11.6 Å². The van der Waals surface area contributed by atoms with Gasteiger partial charge in [0.15, 0.2) is 5.11 Å². The number of carbonyl (C=O) groups is 2. The number of ether oxygens (including phenoxy) is 1. The van der Waals surface area contributed by atoms with Crippen LogP contribution in [0.1, 0.15) is 12.0 Å². The number of nitrogens with zero attached hydrogens (tertiary/aromatic N) is 2. The number of benzene rings is 3. The third kappa shape index (κ3) is 5.44. The van der Waals surface area contributed by atoms with Crippen LogP contribution < -0.4 is 15.0 Å². The van der Waals surface area contributed by atoms with Gasteiger partial charge in [-0.3, -0.25) is 14.5 Å². The fraction of sp³-hybridized carbons (Fsp3) is 0.192. The lowest BCUT2D eigenvalue weighted by Gasteiger charge is -2.24. The molecule has 10 heteroatoms. The van der Waals surface area contributed by atoms with Crippen molar-refractivity contribution in [2.24, 2.45) is 0 Å². The highest BCUT2D eigenvalue weighted by Gasteiger charge is 2.44. The average Bonchev–Trinajstić information content (AvgIpc) is 3.09. The minimum Gasteiger partial charge on any atom is -0.508 e. The van der Waals surface area contributed by atoms with Crippen molar-refractivity contribution in [3.05, 3.63) is 83.9 Å². The van der Waals surface area contributed by atoms with Gasteiger partial charge in [0.2, 0.25) is 5.91 Å². The van der Waals surface area contributed by atoms with E-state index in [2.05, 4.69) is 5.32 Å². The van der Waals surface area contributed by atoms with Gasteiger partial charge >= 0.3 is 0 Å². The summed E-state index contributed by atoms with van der Waals surface area (Å²) in [4.78, 5) is 29.2. The lowest BCUT2D eigenvalue weighted by molar-refractivity contribution is -0.124. The molecule has 0 radical (unpaired) electrons. The predicted octanol–water partition coefficient (Wildman–Crippen LogP) is 4.25. The van der Waals surface area contributed by atoms with Gasteiger partial charge in [-0.25, -0.2) is 8.78 Å². The molecule has 1 heterocycles. The first-order chi connectivity index (χ1) is 17.3. The normalized spacial score (nSPS) is 15.4. The summed E-state index contributed by atoms with van der Waals surface area (Å²) in [7, 11) is 1.40. The lowest BCUT2D eigenvalue weighted by atomic mass is 10.1. The van der Waals surface area contributed by atoms with Gasteiger partial charge in [0.1, 0.15) is 29.2 Å². The molecule has 1 saturated heterocycles. The quantitative estimate of drug-likeness (QED) is 0.440. The Balaban J connectivity index is 1.55. The molecular formula is C26H23F2N3O4S. The molecule has 1 unspecified atom stereocenters. The molecule has 0 saturated carbocycles. The maximum Gasteiger partial charge on any atom is 0.256 e. The van der Waals surface area contributed by atoms with Crippen molar-refractivity contribution in [3.8, 4) is 11.5 Å². The van der Waals surface area contributed by atoms with E-state index in [1.54, 1.807) is 29.2 Å². The number of amides is 2. The summed E-state index contributed by atoms with van der Waals surface area (Å²) in [6, 6.07) is 15.0. The van der Waals surface area contributed by atoms with Gasteiger partial charge in [-0.05, 0) is 72.7 Å². The number of hydrogen-bond donors (Lipinski definition) is 2. The number of nitrogens with one attached hydrogen (secondary N) is 1. The maximum atomic E-state index is 14.3. The number of rotatable bonds is 8. The molecule has 1 aliphatic heterocycles. The zero-order valence-corrected chi connectivity index (χ0v) is 20.1. The van der Waals surface area contributed by atoms with E-state index < -0.39 is 29.5 Å². The number of aromatic hydroxyl groups is 1. The summed E-state index contributed by atoms with van der Waals surface area (Å²) in [5.74, 6) is -1.71. The molecule has 7 nitrogen and oxygen atoms in total. The van der Waals surface area contributed by atoms with E-state index in [0.29, 0.717) is 24.4 Å². The van der Waals surface area contributed by atoms with E-state index in [1.807, 2.05) is 0 Å². The Labute approximate surface area is 211 Å². The molecule has 3 aromatic carbocycles. The zero-order chi connectivity index (χ0) is 25.8. The van der Waals surface area contributed by atoms with Crippen LogP contribution in [0.3, 0.4) is 0 Å². The van der Waals surface area contributed by atoms with Crippen LogP contribution in [0.5, 0.6) is 11.5 Å². The number of hydrogen-bond acceptors (Lipinski definition) is 5. The highest BCUT2D eigenvalue weighted by Crippen LogP contribution is 2.28. The minimum absolute atomic E-state index is 0.0418. The summed E-state index contributed by atoms with van der Waals surface area (Å²) in [6.45, 7) is 0.307. The lowest BCUT2D eigenvalue weighted by Crippen LogP contribution is -2.39. The second-order valence-electron chi connectivity index (χ2n) is 8.16. The van der Waals surface area contributed by atoms with Gasteiger partial charge in [0.25, 0.3) is 5.91 Å². The Morgan fingerprint density at radius 1 is 1.08 bits per heavy atom. The Morgan fingerprint density at radius 3 is 2.42 bits per heavy atom. The van der Waals surface area contributed by atoms with Crippen molar-refractivity contribution in [2.45, 2.75) is 18.9 Å². The van der Waals surface area contributed by atoms with Crippen LogP contribution >= 0.6 is 12.2 Å². The average molecular weight is 512 g/mol. The van der Waals surface area contributed by atoms with Gasteiger partial charge in [0, 0.05) is 12.6 Å². The molecule has 0 aromatic heterocycles. The van der Waals surface area contributed by atoms with Crippen molar-refractivity contribution in [1.82, 2.24) is 4.90 Å². The SMILES string of the molecule is COc1ccc(NC(=O)CC2C(=O)N(c3ccc(F)cc3)C(=S)N2CCc2ccc(O)cc2)c(F)c1. The molecular weight excluding hydrogens is 488 g/mol. The second kappa shape index (κ2) is 10.7. The van der Waals surface area contributed by atoms with Gasteiger partial charge in [-0.15, -0.1) is 0 Å². The van der Waals surface area contributed by atoms with Crippen LogP contribution in [0.25, 0.3) is 0 Å². The molecule has 4 rings (SSSR count). The maximum absolute atomic E-state index is 14.3. The van der Waals surface area contributed by atoms with Crippen molar-refractivity contribution in [1.29, 1.82) is 0 Å². The molecule has 2 N–H and O–H groups in total. The molecule has 1 fully saturated rings. The van der Waals surface area contributed by atoms with Crippen LogP contribution in [-0.2, 0) is 16.0 Å². The van der Waals surface area contributed by atoms with Gasteiger partial charge in [0.05, 0.1) is 24.9 Å². The molecule has 36 heavy (non-hydrogen) atoms. The summed E-state index contributed by atoms with van der Waals surface area (Å²) in [6.07, 6.45) is 0.202. The van der Waals surface area contributed by atoms with Crippen LogP contribution in [0.4, 0.5) is 20.2 Å². The highest BCUT2D eigenvalue weighted by molar-refractivity contribution is 7.80. The molecule has 1 aliphatic rings. The first-order valence-corrected chi connectivity index (χ1v) is 11.5. The first-order valence-electron chi connectivity index (χ1n) is 11.1. The molecule has 186 valence electrons. The number of methoxy groups -OCH3 is 1. The monoisotopic (exact) mass is 511 g/mol. The first kappa shape index (κ1) is 25.1. The Kier molecular flexibility index (Phi) is 7.44. The van der Waals surface area contributed by atoms with E-state index >= 15 is 0 Å². The molecule has 2 amide bonds. The van der Waals surface area contributed by atoms with E-state index in [-0.39, 0.29) is 23.0 Å². The minimum atomic E-state index is -0.944. The molecule has 0 aliphatic carbocycles. The molecule has 3 aromatic rings. The number of phenolic OH excluding ortho intramolecular Hbond substituents is 1. The zero-order valence-electron chi connectivity index (χ0n) is 19.3. The van der Waals surface area contributed by atoms with Crippen LogP contribution in [-0.4, -0.2) is 46.6 Å². The Hall–Kier alpha value is -4.05. The Bertz CT molecular complexity index is 1290. The number of halogens is 2. The van der Waals surface area contributed by atoms with Crippen molar-refractivity contribution < 1.29 is 28.2 Å². The van der Waals surface area contributed by atoms with E-state index in [0.717, 1.165) is 11.6 Å². The van der Waals surface area contributed by atoms with E-state index in [4.69, 9.17) is 17.0 Å². The summed E-state index contributed by atoms with van der Waals surface area (Å²) in [5, 5.41) is 12.2. The molecule has 0 spiro atoms. The van der Waals surface area contributed by atoms with Crippen molar-refractivity contribution in [3.63, 3.8) is 0 Å². The van der Waals surface area contributed by atoms with Crippen molar-refractivity contribution >= 4 is 40.5 Å². The van der Waals surface area contributed by atoms with Gasteiger partial charge < -0.3 is 20.1 Å². The van der Waals surface area contributed by atoms with Gasteiger partial charge in [-0.1, -0.05) is 12.1 Å². The number of anilines is 2. The third-order valence-corrected chi connectivity index (χ3v) is 6.23. The van der Waals surface area contributed by atoms with E-state index in [1.165, 1.54) is 48.4 Å². The molecule has 1 atom stereocenters. The predicted molar refractivity (Wildman–Crippen MR) is 135 cm³/mol. The smallest absolute Gasteiger partial charge is 0.256 e. The summed E-state index contributed by atoms with van der Waals surface area (Å²) < 4.78 is 32.8. The fourth-order valence-electron chi connectivity index (χ4n) is 3.93. The number of phenols is 1.